The SMILES string of the molecule is Cn1cc(C(=O)N2CCC(O)(c3ccccc3Cl)CC2)cn1. The summed E-state index contributed by atoms with van der Waals surface area (Å²) in [6, 6.07) is 7.34. The summed E-state index contributed by atoms with van der Waals surface area (Å²) in [6.45, 7) is 0.991. The van der Waals surface area contributed by atoms with Crippen molar-refractivity contribution in [2.24, 2.45) is 7.05 Å². The predicted octanol–water partition coefficient (Wildman–Crippen LogP) is 2.20. The number of aliphatic hydroxyl groups is 1. The molecule has 0 atom stereocenters. The second-order valence-electron chi connectivity index (χ2n) is 5.71. The molecule has 0 aliphatic carbocycles. The van der Waals surface area contributed by atoms with Crippen molar-refractivity contribution < 1.29 is 9.90 Å². The summed E-state index contributed by atoms with van der Waals surface area (Å²) in [6.07, 6.45) is 4.22. The number of carbonyl (C=O) groups is 1. The predicted molar refractivity (Wildman–Crippen MR) is 83.7 cm³/mol. The van der Waals surface area contributed by atoms with E-state index in [-0.39, 0.29) is 5.91 Å². The lowest BCUT2D eigenvalue weighted by atomic mass is 9.84. The largest absolute Gasteiger partial charge is 0.385 e. The molecule has 2 heterocycles. The first-order valence-electron chi connectivity index (χ1n) is 7.25. The fourth-order valence-electron chi connectivity index (χ4n) is 2.90. The second-order valence-corrected chi connectivity index (χ2v) is 6.11. The minimum absolute atomic E-state index is 0.0469. The molecule has 0 spiro atoms. The highest BCUT2D eigenvalue weighted by atomic mass is 35.5. The molecule has 1 fully saturated rings. The van der Waals surface area contributed by atoms with Crippen LogP contribution in [0.2, 0.25) is 5.02 Å². The lowest BCUT2D eigenvalue weighted by Gasteiger charge is -2.38. The van der Waals surface area contributed by atoms with Gasteiger partial charge in [0.25, 0.3) is 5.91 Å². The minimum atomic E-state index is -0.968. The van der Waals surface area contributed by atoms with E-state index in [1.807, 2.05) is 18.2 Å². The maximum atomic E-state index is 12.4. The van der Waals surface area contributed by atoms with E-state index in [1.165, 1.54) is 0 Å². The molecule has 1 aliphatic rings. The van der Waals surface area contributed by atoms with Crippen LogP contribution in [0.5, 0.6) is 0 Å². The van der Waals surface area contributed by atoms with Crippen LogP contribution in [0, 0.1) is 0 Å². The van der Waals surface area contributed by atoms with E-state index < -0.39 is 5.60 Å². The van der Waals surface area contributed by atoms with Crippen LogP contribution in [0.3, 0.4) is 0 Å². The molecule has 116 valence electrons. The highest BCUT2D eigenvalue weighted by Gasteiger charge is 2.37. The number of hydrogen-bond acceptors (Lipinski definition) is 3. The molecule has 5 nitrogen and oxygen atoms in total. The Morgan fingerprint density at radius 3 is 2.59 bits per heavy atom. The van der Waals surface area contributed by atoms with Gasteiger partial charge in [-0.15, -0.1) is 0 Å². The van der Waals surface area contributed by atoms with Crippen LogP contribution in [-0.4, -0.2) is 38.8 Å². The van der Waals surface area contributed by atoms with Crippen LogP contribution in [0.4, 0.5) is 0 Å². The Morgan fingerprint density at radius 1 is 1.32 bits per heavy atom. The van der Waals surface area contributed by atoms with Gasteiger partial charge in [0.2, 0.25) is 0 Å². The third kappa shape index (κ3) is 2.74. The molecular formula is C16H18ClN3O2. The van der Waals surface area contributed by atoms with Crippen LogP contribution in [0.25, 0.3) is 0 Å². The van der Waals surface area contributed by atoms with Crippen LogP contribution in [0.15, 0.2) is 36.7 Å². The molecule has 0 saturated carbocycles. The Kier molecular flexibility index (Phi) is 3.93. The summed E-state index contributed by atoms with van der Waals surface area (Å²) >= 11 is 6.19. The second kappa shape index (κ2) is 5.74. The van der Waals surface area contributed by atoms with E-state index in [0.29, 0.717) is 36.5 Å². The molecule has 0 bridgehead atoms. The van der Waals surface area contributed by atoms with Gasteiger partial charge in [-0.3, -0.25) is 9.48 Å². The van der Waals surface area contributed by atoms with Crippen molar-refractivity contribution >= 4 is 17.5 Å². The van der Waals surface area contributed by atoms with E-state index in [0.717, 1.165) is 5.56 Å². The van der Waals surface area contributed by atoms with Gasteiger partial charge < -0.3 is 10.0 Å². The summed E-state index contributed by atoms with van der Waals surface area (Å²) < 4.78 is 1.61. The first-order valence-corrected chi connectivity index (χ1v) is 7.63. The van der Waals surface area contributed by atoms with Gasteiger partial charge in [0.1, 0.15) is 0 Å². The number of hydrogen-bond donors (Lipinski definition) is 1. The van der Waals surface area contributed by atoms with Crippen LogP contribution in [0.1, 0.15) is 28.8 Å². The smallest absolute Gasteiger partial charge is 0.257 e. The van der Waals surface area contributed by atoms with Gasteiger partial charge in [-0.2, -0.15) is 5.10 Å². The van der Waals surface area contributed by atoms with Gasteiger partial charge in [-0.05, 0) is 18.9 Å². The zero-order valence-electron chi connectivity index (χ0n) is 12.4. The van der Waals surface area contributed by atoms with Crippen molar-refractivity contribution in [1.82, 2.24) is 14.7 Å². The number of halogens is 1. The average molecular weight is 320 g/mol. The van der Waals surface area contributed by atoms with Crippen molar-refractivity contribution in [3.63, 3.8) is 0 Å². The molecule has 6 heteroatoms. The van der Waals surface area contributed by atoms with Crippen LogP contribution < -0.4 is 0 Å². The van der Waals surface area contributed by atoms with E-state index in [1.54, 1.807) is 35.1 Å². The maximum absolute atomic E-state index is 12.4. The number of likely N-dealkylation sites (tertiary alicyclic amines) is 1. The molecular weight excluding hydrogens is 302 g/mol. The molecule has 0 unspecified atom stereocenters. The van der Waals surface area contributed by atoms with Crippen molar-refractivity contribution in [3.05, 3.63) is 52.8 Å². The van der Waals surface area contributed by atoms with Crippen molar-refractivity contribution in [3.8, 4) is 0 Å². The van der Waals surface area contributed by atoms with Gasteiger partial charge in [0.05, 0.1) is 17.4 Å². The number of amides is 1. The van der Waals surface area contributed by atoms with Crippen molar-refractivity contribution in [2.75, 3.05) is 13.1 Å². The van der Waals surface area contributed by atoms with E-state index in [4.69, 9.17) is 11.6 Å². The molecule has 0 radical (unpaired) electrons. The van der Waals surface area contributed by atoms with Crippen LogP contribution in [-0.2, 0) is 12.6 Å². The average Bonchev–Trinajstić information content (AvgIpc) is 2.94. The Morgan fingerprint density at radius 2 is 2.00 bits per heavy atom. The van der Waals surface area contributed by atoms with Gasteiger partial charge in [0, 0.05) is 36.9 Å². The number of piperidine rings is 1. The molecule has 2 aromatic rings. The summed E-state index contributed by atoms with van der Waals surface area (Å²) in [5.74, 6) is -0.0469. The quantitative estimate of drug-likeness (QED) is 0.923. The zero-order chi connectivity index (χ0) is 15.7. The fraction of sp³-hybridized carbons (Fsp3) is 0.375. The molecule has 1 aliphatic heterocycles. The zero-order valence-corrected chi connectivity index (χ0v) is 13.1. The lowest BCUT2D eigenvalue weighted by Crippen LogP contribution is -2.45. The summed E-state index contributed by atoms with van der Waals surface area (Å²) in [5, 5.41) is 15.4. The Labute approximate surface area is 134 Å². The summed E-state index contributed by atoms with van der Waals surface area (Å²) in [7, 11) is 1.78. The van der Waals surface area contributed by atoms with E-state index in [2.05, 4.69) is 5.10 Å². The third-order valence-electron chi connectivity index (χ3n) is 4.20. The summed E-state index contributed by atoms with van der Waals surface area (Å²) in [5.41, 5.74) is 0.347. The Balaban J connectivity index is 1.72. The van der Waals surface area contributed by atoms with Gasteiger partial charge >= 0.3 is 0 Å². The molecule has 3 rings (SSSR count). The van der Waals surface area contributed by atoms with Gasteiger partial charge in [-0.25, -0.2) is 0 Å². The highest BCUT2D eigenvalue weighted by molar-refractivity contribution is 6.31. The Hall–Kier alpha value is -1.85. The maximum Gasteiger partial charge on any atom is 0.257 e. The van der Waals surface area contributed by atoms with Crippen molar-refractivity contribution in [1.29, 1.82) is 0 Å². The first-order chi connectivity index (χ1) is 10.5. The topological polar surface area (TPSA) is 58.4 Å². The monoisotopic (exact) mass is 319 g/mol. The molecule has 1 aromatic carbocycles. The number of carbonyl (C=O) groups excluding carboxylic acids is 1. The molecule has 22 heavy (non-hydrogen) atoms. The van der Waals surface area contributed by atoms with Crippen molar-refractivity contribution in [2.45, 2.75) is 18.4 Å². The first kappa shape index (κ1) is 15.1. The highest BCUT2D eigenvalue weighted by Crippen LogP contribution is 2.36. The number of rotatable bonds is 2. The molecule has 1 amide bonds. The third-order valence-corrected chi connectivity index (χ3v) is 4.53. The lowest BCUT2D eigenvalue weighted by molar-refractivity contribution is -0.0210. The molecule has 1 aromatic heterocycles. The number of nitrogens with zero attached hydrogens (tertiary/aromatic N) is 3. The van der Waals surface area contributed by atoms with Gasteiger partial charge in [-0.1, -0.05) is 29.8 Å². The normalized spacial score (nSPS) is 17.5. The molecule has 1 N–H and O–H groups in total. The van der Waals surface area contributed by atoms with E-state index in [9.17, 15) is 9.90 Å². The van der Waals surface area contributed by atoms with E-state index >= 15 is 0 Å². The van der Waals surface area contributed by atoms with Gasteiger partial charge in [0.15, 0.2) is 0 Å². The number of aryl methyl sites for hydroxylation is 1. The number of aromatic nitrogens is 2. The summed E-state index contributed by atoms with van der Waals surface area (Å²) in [4.78, 5) is 14.1. The standard InChI is InChI=1S/C16H18ClN3O2/c1-19-11-12(10-18-19)15(21)20-8-6-16(22,7-9-20)13-4-2-3-5-14(13)17/h2-5,10-11,22H,6-9H2,1H3. The fourth-order valence-corrected chi connectivity index (χ4v) is 3.21. The number of benzene rings is 1. The van der Waals surface area contributed by atoms with Crippen LogP contribution >= 0.6 is 11.6 Å². The Bertz CT molecular complexity index is 690. The minimum Gasteiger partial charge on any atom is -0.385 e. The molecule has 1 saturated heterocycles.